The highest BCUT2D eigenvalue weighted by atomic mass is 19.1. The number of hydrogen-bond acceptors (Lipinski definition) is 3. The van der Waals surface area contributed by atoms with Crippen LogP contribution in [0.5, 0.6) is 0 Å². The van der Waals surface area contributed by atoms with E-state index in [1.807, 2.05) is 0 Å². The zero-order valence-electron chi connectivity index (χ0n) is 6.91. The van der Waals surface area contributed by atoms with Crippen molar-refractivity contribution in [2.24, 2.45) is 0 Å². The number of hydrogen-bond donors (Lipinski definition) is 1. The lowest BCUT2D eigenvalue weighted by molar-refractivity contribution is 0.465. The maximum atomic E-state index is 12.2. The quantitative estimate of drug-likeness (QED) is 0.685. The van der Waals surface area contributed by atoms with Crippen LogP contribution in [0.1, 0.15) is 11.5 Å². The van der Waals surface area contributed by atoms with E-state index in [-0.39, 0.29) is 17.2 Å². The summed E-state index contributed by atoms with van der Waals surface area (Å²) in [6, 6.07) is 1.35. The summed E-state index contributed by atoms with van der Waals surface area (Å²) in [5.41, 5.74) is 0.289. The van der Waals surface area contributed by atoms with Gasteiger partial charge >= 0.3 is 0 Å². The molecule has 1 N–H and O–H groups in total. The van der Waals surface area contributed by atoms with Gasteiger partial charge in [0.2, 0.25) is 0 Å². The van der Waals surface area contributed by atoms with E-state index in [1.54, 1.807) is 6.92 Å². The Morgan fingerprint density at radius 1 is 1.62 bits per heavy atom. The summed E-state index contributed by atoms with van der Waals surface area (Å²) in [5.74, 6) is 0.313. The lowest BCUT2D eigenvalue weighted by Gasteiger charge is -1.90. The molecule has 6 heteroatoms. The Balaban J connectivity index is 2.83. The molecule has 0 unspecified atom stereocenters. The standard InChI is InChI=1S/C7H7FN4O/c1-4-2-6(13)12-7(9-4)10-5(3-8)11-12/h2H,3H2,1H3,(H,9,10,11). The van der Waals surface area contributed by atoms with E-state index in [0.29, 0.717) is 5.69 Å². The van der Waals surface area contributed by atoms with Crippen molar-refractivity contribution in [3.63, 3.8) is 0 Å². The second-order valence-electron chi connectivity index (χ2n) is 2.68. The van der Waals surface area contributed by atoms with Crippen LogP contribution in [-0.4, -0.2) is 19.6 Å². The molecule has 2 aromatic heterocycles. The fourth-order valence-electron chi connectivity index (χ4n) is 1.10. The van der Waals surface area contributed by atoms with Crippen molar-refractivity contribution in [1.29, 1.82) is 0 Å². The van der Waals surface area contributed by atoms with E-state index in [0.717, 1.165) is 4.52 Å². The maximum absolute atomic E-state index is 12.2. The zero-order chi connectivity index (χ0) is 9.42. The third kappa shape index (κ3) is 1.20. The van der Waals surface area contributed by atoms with Gasteiger partial charge in [0.15, 0.2) is 5.82 Å². The molecule has 0 bridgehead atoms. The van der Waals surface area contributed by atoms with Crippen molar-refractivity contribution in [3.8, 4) is 0 Å². The van der Waals surface area contributed by atoms with Gasteiger partial charge in [-0.1, -0.05) is 0 Å². The largest absolute Gasteiger partial charge is 0.274 e. The van der Waals surface area contributed by atoms with Crippen LogP contribution in [0.2, 0.25) is 0 Å². The van der Waals surface area contributed by atoms with E-state index in [9.17, 15) is 9.18 Å². The highest BCUT2D eigenvalue weighted by molar-refractivity contribution is 5.27. The molecule has 13 heavy (non-hydrogen) atoms. The molecule has 2 aromatic rings. The van der Waals surface area contributed by atoms with Crippen molar-refractivity contribution in [2.45, 2.75) is 13.6 Å². The third-order valence-electron chi connectivity index (χ3n) is 1.63. The van der Waals surface area contributed by atoms with Gasteiger partial charge in [-0.05, 0) is 6.92 Å². The molecule has 0 saturated heterocycles. The van der Waals surface area contributed by atoms with Crippen LogP contribution in [0, 0.1) is 6.92 Å². The predicted molar refractivity (Wildman–Crippen MR) is 43.2 cm³/mol. The van der Waals surface area contributed by atoms with Gasteiger partial charge in [-0.25, -0.2) is 9.37 Å². The Kier molecular flexibility index (Phi) is 1.61. The van der Waals surface area contributed by atoms with Gasteiger partial charge < -0.3 is 0 Å². The van der Waals surface area contributed by atoms with Crippen LogP contribution in [0.15, 0.2) is 10.9 Å². The van der Waals surface area contributed by atoms with Crippen LogP contribution >= 0.6 is 0 Å². The number of aromatic nitrogens is 4. The molecule has 0 saturated carbocycles. The Morgan fingerprint density at radius 2 is 2.38 bits per heavy atom. The van der Waals surface area contributed by atoms with Gasteiger partial charge in [0.1, 0.15) is 6.67 Å². The van der Waals surface area contributed by atoms with Crippen LogP contribution in [-0.2, 0) is 6.67 Å². The number of fused-ring (bicyclic) bond motifs is 1. The normalized spacial score (nSPS) is 10.9. The number of nitrogens with zero attached hydrogens (tertiary/aromatic N) is 3. The van der Waals surface area contributed by atoms with E-state index in [4.69, 9.17) is 0 Å². The molecule has 5 nitrogen and oxygen atoms in total. The second kappa shape index (κ2) is 2.65. The molecule has 68 valence electrons. The van der Waals surface area contributed by atoms with E-state index >= 15 is 0 Å². The van der Waals surface area contributed by atoms with Crippen molar-refractivity contribution in [2.75, 3.05) is 0 Å². The van der Waals surface area contributed by atoms with E-state index in [1.165, 1.54) is 6.07 Å². The fourth-order valence-corrected chi connectivity index (χ4v) is 1.10. The van der Waals surface area contributed by atoms with E-state index < -0.39 is 6.67 Å². The molecule has 0 aliphatic rings. The zero-order valence-corrected chi connectivity index (χ0v) is 6.91. The average Bonchev–Trinajstić information content (AvgIpc) is 2.47. The lowest BCUT2D eigenvalue weighted by Crippen LogP contribution is -2.14. The summed E-state index contributed by atoms with van der Waals surface area (Å²) in [6.45, 7) is 0.951. The molecule has 2 heterocycles. The molecule has 2 rings (SSSR count). The molecule has 0 aliphatic carbocycles. The second-order valence-corrected chi connectivity index (χ2v) is 2.68. The monoisotopic (exact) mass is 182 g/mol. The first-order valence-electron chi connectivity index (χ1n) is 3.72. The Labute approximate surface area is 72.2 Å². The summed E-state index contributed by atoms with van der Waals surface area (Å²) in [5, 5.41) is 2.50. The average molecular weight is 182 g/mol. The highest BCUT2D eigenvalue weighted by Crippen LogP contribution is 1.97. The molecular formula is C7H7FN4O. The van der Waals surface area contributed by atoms with Crippen molar-refractivity contribution < 1.29 is 4.39 Å². The van der Waals surface area contributed by atoms with Crippen LogP contribution in [0.4, 0.5) is 4.39 Å². The molecule has 0 radical (unpaired) electrons. The summed E-state index contributed by atoms with van der Waals surface area (Å²) in [4.78, 5) is 19.0. The number of alkyl halides is 1. The first-order chi connectivity index (χ1) is 6.20. The first-order valence-corrected chi connectivity index (χ1v) is 3.72. The number of halogens is 1. The minimum absolute atomic E-state index is 0.107. The van der Waals surface area contributed by atoms with Crippen molar-refractivity contribution in [1.82, 2.24) is 19.6 Å². The van der Waals surface area contributed by atoms with E-state index in [2.05, 4.69) is 15.1 Å². The van der Waals surface area contributed by atoms with Crippen molar-refractivity contribution in [3.05, 3.63) is 27.9 Å². The third-order valence-corrected chi connectivity index (χ3v) is 1.63. The van der Waals surface area contributed by atoms with Gasteiger partial charge in [-0.3, -0.25) is 9.89 Å². The summed E-state index contributed by atoms with van der Waals surface area (Å²) in [6.07, 6.45) is 0. The number of H-pyrrole nitrogens is 1. The summed E-state index contributed by atoms with van der Waals surface area (Å²) < 4.78 is 13.3. The number of rotatable bonds is 1. The molecule has 0 atom stereocenters. The molecule has 0 aromatic carbocycles. The van der Waals surface area contributed by atoms with Crippen LogP contribution in [0.3, 0.4) is 0 Å². The molecule has 0 amide bonds. The molecule has 0 spiro atoms. The predicted octanol–water partition coefficient (Wildman–Crippen LogP) is 0.196. The smallest absolute Gasteiger partial charge is 0.273 e. The number of nitrogens with one attached hydrogen (secondary N) is 1. The van der Waals surface area contributed by atoms with Crippen molar-refractivity contribution >= 4 is 5.78 Å². The first kappa shape index (κ1) is 7.90. The van der Waals surface area contributed by atoms with Crippen LogP contribution < -0.4 is 5.56 Å². The number of aromatic amines is 1. The maximum Gasteiger partial charge on any atom is 0.274 e. The van der Waals surface area contributed by atoms with Gasteiger partial charge in [-0.15, -0.1) is 0 Å². The number of aryl methyl sites for hydroxylation is 1. The Bertz CT molecular complexity index is 501. The van der Waals surface area contributed by atoms with Crippen LogP contribution in [0.25, 0.3) is 5.78 Å². The van der Waals surface area contributed by atoms with Gasteiger partial charge in [-0.2, -0.15) is 9.50 Å². The molecular weight excluding hydrogens is 175 g/mol. The lowest BCUT2D eigenvalue weighted by atomic mass is 10.5. The fraction of sp³-hybridized carbons (Fsp3) is 0.286. The van der Waals surface area contributed by atoms with Gasteiger partial charge in [0.25, 0.3) is 11.3 Å². The van der Waals surface area contributed by atoms with Gasteiger partial charge in [0.05, 0.1) is 0 Å². The molecule has 0 fully saturated rings. The Hall–Kier alpha value is -1.72. The SMILES string of the molecule is Cc1cc(=O)n2[nH]c(CF)nc2n1. The minimum atomic E-state index is -0.734. The summed E-state index contributed by atoms with van der Waals surface area (Å²) in [7, 11) is 0. The topological polar surface area (TPSA) is 63.0 Å². The molecule has 0 aliphatic heterocycles. The highest BCUT2D eigenvalue weighted by Gasteiger charge is 2.04. The Morgan fingerprint density at radius 3 is 3.08 bits per heavy atom. The minimum Gasteiger partial charge on any atom is -0.273 e. The van der Waals surface area contributed by atoms with Gasteiger partial charge in [0, 0.05) is 11.8 Å². The summed E-state index contributed by atoms with van der Waals surface area (Å²) >= 11 is 0.